The first-order chi connectivity index (χ1) is 13.7. The summed E-state index contributed by atoms with van der Waals surface area (Å²) in [5.41, 5.74) is 1.39. The van der Waals surface area contributed by atoms with Crippen molar-refractivity contribution in [1.82, 2.24) is 10.0 Å². The molecule has 29 heavy (non-hydrogen) atoms. The number of para-hydroxylation sites is 1. The molecule has 2 aromatic rings. The van der Waals surface area contributed by atoms with Crippen LogP contribution in [0.25, 0.3) is 0 Å². The van der Waals surface area contributed by atoms with Crippen LogP contribution in [0.5, 0.6) is 5.75 Å². The van der Waals surface area contributed by atoms with E-state index in [2.05, 4.69) is 10.6 Å². The fourth-order valence-electron chi connectivity index (χ4n) is 3.51. The van der Waals surface area contributed by atoms with Gasteiger partial charge in [0.2, 0.25) is 21.8 Å². The van der Waals surface area contributed by atoms with Crippen LogP contribution in [-0.2, 0) is 26.0 Å². The lowest BCUT2D eigenvalue weighted by atomic mass is 10.0. The minimum Gasteiger partial charge on any atom is -0.508 e. The highest BCUT2D eigenvalue weighted by atomic mass is 32.2. The van der Waals surface area contributed by atoms with Crippen LogP contribution in [0, 0.1) is 0 Å². The lowest BCUT2D eigenvalue weighted by Crippen LogP contribution is -2.42. The molecule has 150 valence electrons. The van der Waals surface area contributed by atoms with E-state index in [-0.39, 0.29) is 24.2 Å². The number of aromatic hydroxyl groups is 1. The average molecular weight is 415 g/mol. The molecule has 3 amide bonds. The maximum Gasteiger partial charge on any atom is 0.254 e. The molecule has 0 aliphatic carbocycles. The molecule has 2 aromatic carbocycles. The van der Waals surface area contributed by atoms with E-state index in [0.29, 0.717) is 16.8 Å². The zero-order chi connectivity index (χ0) is 20.8. The van der Waals surface area contributed by atoms with Gasteiger partial charge in [-0.15, -0.1) is 0 Å². The molecule has 0 radical (unpaired) electrons. The summed E-state index contributed by atoms with van der Waals surface area (Å²) in [6, 6.07) is 10.1. The fraction of sp³-hybridized carbons (Fsp3) is 0.211. The second kappa shape index (κ2) is 6.89. The normalized spacial score (nSPS) is 22.8. The van der Waals surface area contributed by atoms with Crippen LogP contribution in [0.3, 0.4) is 0 Å². The van der Waals surface area contributed by atoms with Gasteiger partial charge in [-0.05, 0) is 23.8 Å². The molecular weight excluding hydrogens is 398 g/mol. The summed E-state index contributed by atoms with van der Waals surface area (Å²) < 4.78 is 25.9. The van der Waals surface area contributed by atoms with Gasteiger partial charge in [0.15, 0.2) is 0 Å². The van der Waals surface area contributed by atoms with Gasteiger partial charge in [-0.2, -0.15) is 0 Å². The number of hydrogen-bond acceptors (Lipinski definition) is 6. The van der Waals surface area contributed by atoms with E-state index >= 15 is 0 Å². The molecule has 9 nitrogen and oxygen atoms in total. The molecule has 2 aliphatic rings. The Kier molecular flexibility index (Phi) is 4.50. The van der Waals surface area contributed by atoms with E-state index in [4.69, 9.17) is 0 Å². The lowest BCUT2D eigenvalue weighted by Gasteiger charge is -2.16. The molecular formula is C19H17N3O6S. The number of hydrogen-bond donors (Lipinski definition) is 4. The predicted molar refractivity (Wildman–Crippen MR) is 103 cm³/mol. The molecule has 2 atom stereocenters. The van der Waals surface area contributed by atoms with Crippen molar-refractivity contribution in [3.05, 3.63) is 59.2 Å². The van der Waals surface area contributed by atoms with Crippen molar-refractivity contribution >= 4 is 33.4 Å². The number of carbonyl (C=O) groups excluding carboxylic acids is 3. The van der Waals surface area contributed by atoms with Crippen LogP contribution in [0.15, 0.2) is 42.5 Å². The van der Waals surface area contributed by atoms with E-state index in [9.17, 15) is 27.9 Å². The van der Waals surface area contributed by atoms with E-state index in [1.165, 1.54) is 12.1 Å². The Morgan fingerprint density at radius 2 is 1.83 bits per heavy atom. The second-order valence-corrected chi connectivity index (χ2v) is 8.78. The second-order valence-electron chi connectivity index (χ2n) is 6.92. The first-order valence-corrected chi connectivity index (χ1v) is 10.4. The van der Waals surface area contributed by atoms with Gasteiger partial charge >= 0.3 is 0 Å². The summed E-state index contributed by atoms with van der Waals surface area (Å²) in [5.74, 6) is -1.72. The van der Waals surface area contributed by atoms with Crippen LogP contribution >= 0.6 is 0 Å². The number of fused-ring (bicyclic) bond motifs is 1. The molecule has 0 bridgehead atoms. The highest BCUT2D eigenvalue weighted by molar-refractivity contribution is 7.90. The topological polar surface area (TPSA) is 142 Å². The van der Waals surface area contributed by atoms with Crippen molar-refractivity contribution < 1.29 is 27.9 Å². The fourth-order valence-corrected chi connectivity index (χ4v) is 4.95. The Morgan fingerprint density at radius 1 is 1.07 bits per heavy atom. The molecule has 2 heterocycles. The Hall–Kier alpha value is -3.40. The van der Waals surface area contributed by atoms with E-state index in [1.807, 2.05) is 4.72 Å². The number of amides is 3. The van der Waals surface area contributed by atoms with E-state index in [1.54, 1.807) is 30.3 Å². The SMILES string of the molecule is O=C1CC(c2ccc(CC3NC(=O)c4ccccc4NC3=O)cc2O)S(=O)(=O)N1. The van der Waals surface area contributed by atoms with Gasteiger partial charge < -0.3 is 15.7 Å². The van der Waals surface area contributed by atoms with Crippen molar-refractivity contribution in [2.75, 3.05) is 5.32 Å². The number of carbonyl (C=O) groups is 3. The van der Waals surface area contributed by atoms with Crippen LogP contribution in [0.1, 0.15) is 33.2 Å². The zero-order valence-corrected chi connectivity index (χ0v) is 15.8. The Bertz CT molecular complexity index is 1140. The number of anilines is 1. The predicted octanol–water partition coefficient (Wildman–Crippen LogP) is 0.576. The molecule has 4 rings (SSSR count). The van der Waals surface area contributed by atoms with Crippen molar-refractivity contribution in [3.8, 4) is 5.75 Å². The first-order valence-electron chi connectivity index (χ1n) is 8.81. The van der Waals surface area contributed by atoms with Gasteiger partial charge in [-0.3, -0.25) is 19.1 Å². The van der Waals surface area contributed by atoms with Gasteiger partial charge in [-0.1, -0.05) is 24.3 Å². The highest BCUT2D eigenvalue weighted by Gasteiger charge is 2.39. The van der Waals surface area contributed by atoms with Crippen molar-refractivity contribution in [1.29, 1.82) is 0 Å². The summed E-state index contributed by atoms with van der Waals surface area (Å²) in [6.45, 7) is 0. The number of benzene rings is 2. The summed E-state index contributed by atoms with van der Waals surface area (Å²) in [6.07, 6.45) is -0.178. The molecule has 0 aromatic heterocycles. The van der Waals surface area contributed by atoms with Crippen molar-refractivity contribution in [3.63, 3.8) is 0 Å². The Morgan fingerprint density at radius 3 is 2.52 bits per heavy atom. The molecule has 0 spiro atoms. The van der Waals surface area contributed by atoms with Crippen molar-refractivity contribution in [2.45, 2.75) is 24.1 Å². The average Bonchev–Trinajstić information content (AvgIpc) is 2.86. The molecule has 4 N–H and O–H groups in total. The van der Waals surface area contributed by atoms with Crippen LogP contribution in [0.2, 0.25) is 0 Å². The highest BCUT2D eigenvalue weighted by Crippen LogP contribution is 2.36. The van der Waals surface area contributed by atoms with Crippen molar-refractivity contribution in [2.24, 2.45) is 0 Å². The number of sulfonamides is 1. The number of phenolic OH excluding ortho intramolecular Hbond substituents is 1. The largest absolute Gasteiger partial charge is 0.508 e. The number of phenols is 1. The standard InChI is InChI=1S/C19H17N3O6S/c23-15-8-10(5-6-12(15)16-9-17(24)22-29(16,27)28)7-14-19(26)20-13-4-2-1-3-11(13)18(25)21-14/h1-6,8,14,16,23H,7,9H2,(H,20,26)(H,21,25)(H,22,24). The molecule has 10 heteroatoms. The van der Waals surface area contributed by atoms with E-state index in [0.717, 1.165) is 0 Å². The summed E-state index contributed by atoms with van der Waals surface area (Å²) in [4.78, 5) is 36.3. The number of rotatable bonds is 3. The zero-order valence-electron chi connectivity index (χ0n) is 15.0. The third kappa shape index (κ3) is 3.54. The molecule has 2 aliphatic heterocycles. The van der Waals surface area contributed by atoms with E-state index < -0.39 is 39.0 Å². The lowest BCUT2D eigenvalue weighted by molar-refractivity contribution is -0.119. The van der Waals surface area contributed by atoms with Crippen LogP contribution in [-0.4, -0.2) is 37.3 Å². The summed E-state index contributed by atoms with van der Waals surface area (Å²) in [5, 5.41) is 14.5. The molecule has 1 fully saturated rings. The molecule has 1 saturated heterocycles. The molecule has 2 unspecified atom stereocenters. The minimum atomic E-state index is -3.88. The summed E-state index contributed by atoms with van der Waals surface area (Å²) in [7, 11) is -3.88. The van der Waals surface area contributed by atoms with Gasteiger partial charge in [0, 0.05) is 12.0 Å². The Labute approximate surface area is 166 Å². The quantitative estimate of drug-likeness (QED) is 0.578. The molecule has 0 saturated carbocycles. The smallest absolute Gasteiger partial charge is 0.254 e. The maximum absolute atomic E-state index is 12.5. The van der Waals surface area contributed by atoms with Gasteiger partial charge in [0.25, 0.3) is 5.91 Å². The van der Waals surface area contributed by atoms with Gasteiger partial charge in [-0.25, -0.2) is 8.42 Å². The monoisotopic (exact) mass is 415 g/mol. The Balaban J connectivity index is 1.56. The van der Waals surface area contributed by atoms with Crippen LogP contribution in [0.4, 0.5) is 5.69 Å². The van der Waals surface area contributed by atoms with Crippen LogP contribution < -0.4 is 15.4 Å². The third-order valence-electron chi connectivity index (χ3n) is 4.93. The first kappa shape index (κ1) is 18.9. The third-order valence-corrected chi connectivity index (χ3v) is 6.62. The van der Waals surface area contributed by atoms with Gasteiger partial charge in [0.1, 0.15) is 17.0 Å². The minimum absolute atomic E-state index is 0.0913. The summed E-state index contributed by atoms with van der Waals surface area (Å²) >= 11 is 0. The maximum atomic E-state index is 12.5. The number of nitrogens with one attached hydrogen (secondary N) is 3. The van der Waals surface area contributed by atoms with Gasteiger partial charge in [0.05, 0.1) is 17.7 Å².